The van der Waals surface area contributed by atoms with Crippen molar-refractivity contribution in [2.24, 2.45) is 0 Å². The smallest absolute Gasteiger partial charge is 0.387 e. The molecule has 0 saturated heterocycles. The van der Waals surface area contributed by atoms with Crippen molar-refractivity contribution in [3.63, 3.8) is 0 Å². The van der Waals surface area contributed by atoms with Gasteiger partial charge in [-0.25, -0.2) is 0 Å². The Kier molecular flexibility index (Phi) is 6.94. The third-order valence-electron chi connectivity index (χ3n) is 3.53. The molecule has 24 heavy (non-hydrogen) atoms. The summed E-state index contributed by atoms with van der Waals surface area (Å²) in [7, 11) is 0. The first-order chi connectivity index (χ1) is 11.6. The van der Waals surface area contributed by atoms with E-state index in [1.165, 1.54) is 17.2 Å². The highest BCUT2D eigenvalue weighted by Crippen LogP contribution is 2.33. The topological polar surface area (TPSA) is 21.3 Å². The molecule has 2 aromatic carbocycles. The monoisotopic (exact) mass is 395 g/mol. The first-order valence-electron chi connectivity index (χ1n) is 7.87. The van der Waals surface area contributed by atoms with Crippen molar-refractivity contribution in [2.75, 3.05) is 0 Å². The molecule has 1 unspecified atom stereocenters. The zero-order valence-electron chi connectivity index (χ0n) is 13.6. The molecule has 0 spiro atoms. The fourth-order valence-corrected chi connectivity index (χ4v) is 3.05. The molecule has 0 saturated carbocycles. The summed E-state index contributed by atoms with van der Waals surface area (Å²) < 4.78 is 30.0. The Morgan fingerprint density at radius 3 is 2.67 bits per heavy atom. The van der Waals surface area contributed by atoms with Gasteiger partial charge in [-0.3, -0.25) is 0 Å². The van der Waals surface area contributed by atoms with E-state index in [2.05, 4.69) is 44.2 Å². The molecular formula is C19H20BrF2NO. The SMILES string of the molecule is CC.FC(F)Oc1cccc(CNC2C=Cc3c(Br)cccc32)c1. The van der Waals surface area contributed by atoms with Gasteiger partial charge in [-0.15, -0.1) is 0 Å². The number of alkyl halides is 2. The highest BCUT2D eigenvalue weighted by Gasteiger charge is 2.18. The van der Waals surface area contributed by atoms with Gasteiger partial charge in [0.25, 0.3) is 0 Å². The molecule has 5 heteroatoms. The molecule has 0 amide bonds. The Labute approximate surface area is 149 Å². The van der Waals surface area contributed by atoms with Gasteiger partial charge in [-0.1, -0.05) is 66.2 Å². The molecule has 1 aliphatic carbocycles. The summed E-state index contributed by atoms with van der Waals surface area (Å²) in [5, 5.41) is 3.41. The number of nitrogens with one attached hydrogen (secondary N) is 1. The summed E-state index contributed by atoms with van der Waals surface area (Å²) in [6, 6.07) is 13.0. The normalized spacial score (nSPS) is 15.0. The van der Waals surface area contributed by atoms with E-state index >= 15 is 0 Å². The van der Waals surface area contributed by atoms with Gasteiger partial charge >= 0.3 is 6.61 Å². The lowest BCUT2D eigenvalue weighted by Crippen LogP contribution is -2.18. The number of benzene rings is 2. The number of rotatable bonds is 5. The Morgan fingerprint density at radius 1 is 1.17 bits per heavy atom. The molecule has 1 atom stereocenters. The molecule has 0 fully saturated rings. The van der Waals surface area contributed by atoms with Crippen molar-refractivity contribution in [3.05, 3.63) is 69.7 Å². The molecule has 0 aromatic heterocycles. The van der Waals surface area contributed by atoms with Crippen LogP contribution in [0.3, 0.4) is 0 Å². The van der Waals surface area contributed by atoms with Crippen LogP contribution in [0.5, 0.6) is 5.75 Å². The van der Waals surface area contributed by atoms with Crippen LogP contribution in [0.2, 0.25) is 0 Å². The first-order valence-corrected chi connectivity index (χ1v) is 8.66. The van der Waals surface area contributed by atoms with E-state index in [-0.39, 0.29) is 11.8 Å². The van der Waals surface area contributed by atoms with E-state index in [9.17, 15) is 8.78 Å². The Bertz CT molecular complexity index is 704. The minimum absolute atomic E-state index is 0.118. The molecule has 1 aliphatic rings. The summed E-state index contributed by atoms with van der Waals surface area (Å²) in [5.74, 6) is 0.180. The first kappa shape index (κ1) is 18.6. The summed E-state index contributed by atoms with van der Waals surface area (Å²) in [4.78, 5) is 0. The maximum Gasteiger partial charge on any atom is 0.387 e. The Balaban J connectivity index is 0.00000100. The third kappa shape index (κ3) is 4.65. The molecule has 2 aromatic rings. The maximum absolute atomic E-state index is 12.2. The van der Waals surface area contributed by atoms with Gasteiger partial charge in [0.2, 0.25) is 0 Å². The minimum Gasteiger partial charge on any atom is -0.435 e. The van der Waals surface area contributed by atoms with Crippen LogP contribution < -0.4 is 10.1 Å². The van der Waals surface area contributed by atoms with Gasteiger partial charge in [0.15, 0.2) is 0 Å². The average molecular weight is 396 g/mol. The highest BCUT2D eigenvalue weighted by molar-refractivity contribution is 9.10. The van der Waals surface area contributed by atoms with Crippen LogP contribution in [-0.4, -0.2) is 6.61 Å². The molecule has 0 bridgehead atoms. The third-order valence-corrected chi connectivity index (χ3v) is 4.22. The second-order valence-electron chi connectivity index (χ2n) is 4.99. The Hall–Kier alpha value is -1.72. The Morgan fingerprint density at radius 2 is 1.92 bits per heavy atom. The standard InChI is InChI=1S/C17H14BrF2NO.C2H6/c18-15-6-2-5-14-13(15)7-8-16(14)21-10-11-3-1-4-12(9-11)22-17(19)20;1-2/h1-9,16-17,21H,10H2;1-2H3. The molecule has 1 N–H and O–H groups in total. The van der Waals surface area contributed by atoms with Gasteiger partial charge < -0.3 is 10.1 Å². The molecule has 0 aliphatic heterocycles. The quantitative estimate of drug-likeness (QED) is 0.676. The van der Waals surface area contributed by atoms with Crippen molar-refractivity contribution in [3.8, 4) is 5.75 Å². The number of hydrogen-bond donors (Lipinski definition) is 1. The van der Waals surface area contributed by atoms with E-state index in [1.54, 1.807) is 12.1 Å². The molecular weight excluding hydrogens is 376 g/mol. The second-order valence-corrected chi connectivity index (χ2v) is 5.84. The number of fused-ring (bicyclic) bond motifs is 1. The van der Waals surface area contributed by atoms with Gasteiger partial charge in [-0.05, 0) is 34.9 Å². The van der Waals surface area contributed by atoms with Crippen LogP contribution in [-0.2, 0) is 6.54 Å². The molecule has 2 nitrogen and oxygen atoms in total. The maximum atomic E-state index is 12.2. The predicted octanol–water partition coefficient (Wildman–Crippen LogP) is 5.93. The molecule has 0 heterocycles. The van der Waals surface area contributed by atoms with Gasteiger partial charge in [0.1, 0.15) is 5.75 Å². The molecule has 128 valence electrons. The second kappa shape index (κ2) is 8.94. The average Bonchev–Trinajstić information content (AvgIpc) is 2.99. The van der Waals surface area contributed by atoms with Crippen molar-refractivity contribution in [1.82, 2.24) is 5.32 Å². The summed E-state index contributed by atoms with van der Waals surface area (Å²) >= 11 is 3.54. The van der Waals surface area contributed by atoms with Crippen molar-refractivity contribution in [1.29, 1.82) is 0 Å². The van der Waals surface area contributed by atoms with E-state index in [4.69, 9.17) is 0 Å². The van der Waals surface area contributed by atoms with Crippen molar-refractivity contribution >= 4 is 22.0 Å². The fraction of sp³-hybridized carbons (Fsp3) is 0.263. The van der Waals surface area contributed by atoms with E-state index < -0.39 is 6.61 Å². The van der Waals surface area contributed by atoms with Crippen LogP contribution in [0.1, 0.15) is 36.6 Å². The van der Waals surface area contributed by atoms with Crippen molar-refractivity contribution < 1.29 is 13.5 Å². The van der Waals surface area contributed by atoms with Gasteiger partial charge in [-0.2, -0.15) is 8.78 Å². The van der Waals surface area contributed by atoms with Crippen LogP contribution >= 0.6 is 15.9 Å². The highest BCUT2D eigenvalue weighted by atomic mass is 79.9. The van der Waals surface area contributed by atoms with E-state index in [1.807, 2.05) is 32.0 Å². The number of ether oxygens (including phenoxy) is 1. The lowest BCUT2D eigenvalue weighted by molar-refractivity contribution is -0.0498. The van der Waals surface area contributed by atoms with Crippen LogP contribution in [0.15, 0.2) is 53.0 Å². The number of hydrogen-bond acceptors (Lipinski definition) is 2. The van der Waals surface area contributed by atoms with E-state index in [0.29, 0.717) is 6.54 Å². The van der Waals surface area contributed by atoms with Gasteiger partial charge in [0.05, 0.1) is 6.04 Å². The molecule has 3 rings (SSSR count). The fourth-order valence-electron chi connectivity index (χ4n) is 2.53. The van der Waals surface area contributed by atoms with Crippen molar-refractivity contribution in [2.45, 2.75) is 33.0 Å². The zero-order chi connectivity index (χ0) is 17.5. The van der Waals surface area contributed by atoms with Crippen LogP contribution in [0.25, 0.3) is 6.08 Å². The number of halogens is 3. The van der Waals surface area contributed by atoms with Gasteiger partial charge in [0, 0.05) is 11.0 Å². The van der Waals surface area contributed by atoms with E-state index in [0.717, 1.165) is 10.0 Å². The van der Waals surface area contributed by atoms with Crippen LogP contribution in [0.4, 0.5) is 8.78 Å². The predicted molar refractivity (Wildman–Crippen MR) is 97.2 cm³/mol. The summed E-state index contributed by atoms with van der Waals surface area (Å²) in [5.41, 5.74) is 3.28. The minimum atomic E-state index is -2.80. The summed E-state index contributed by atoms with van der Waals surface area (Å²) in [6.45, 7) is 1.77. The summed E-state index contributed by atoms with van der Waals surface area (Å²) in [6.07, 6.45) is 4.17. The largest absolute Gasteiger partial charge is 0.435 e. The lowest BCUT2D eigenvalue weighted by Gasteiger charge is -2.14. The zero-order valence-corrected chi connectivity index (χ0v) is 15.2. The van der Waals surface area contributed by atoms with Crippen LogP contribution in [0, 0.1) is 0 Å². The molecule has 0 radical (unpaired) electrons. The lowest BCUT2D eigenvalue weighted by atomic mass is 10.1.